The molecule has 0 saturated heterocycles. The van der Waals surface area contributed by atoms with Gasteiger partial charge in [-0.3, -0.25) is 10.1 Å². The van der Waals surface area contributed by atoms with Crippen molar-refractivity contribution in [3.8, 4) is 0 Å². The smallest absolute Gasteiger partial charge is 0.448 e. The molecule has 122 valence electrons. The average molecular weight is 332 g/mol. The number of halogens is 6. The average Bonchev–Trinajstić information content (AvgIpc) is 2.37. The molecule has 0 heterocycles. The highest BCUT2D eigenvalue weighted by Crippen LogP contribution is 2.44. The molecule has 6 nitrogen and oxygen atoms in total. The summed E-state index contributed by atoms with van der Waals surface area (Å²) in [7, 11) is 0. The van der Waals surface area contributed by atoms with E-state index < -0.39 is 45.7 Å². The minimum atomic E-state index is -6.23. The van der Waals surface area contributed by atoms with E-state index >= 15 is 0 Å². The van der Waals surface area contributed by atoms with Gasteiger partial charge in [0.25, 0.3) is 12.1 Å². The van der Waals surface area contributed by atoms with E-state index in [1.165, 1.54) is 0 Å². The van der Waals surface area contributed by atoms with E-state index in [0.717, 1.165) is 0 Å². The molecule has 0 spiro atoms. The van der Waals surface area contributed by atoms with Crippen LogP contribution in [0.5, 0.6) is 0 Å². The summed E-state index contributed by atoms with van der Waals surface area (Å²) in [4.78, 5) is 19.0. The van der Waals surface area contributed by atoms with E-state index in [4.69, 9.17) is 5.11 Å². The van der Waals surface area contributed by atoms with Crippen LogP contribution in [-0.2, 0) is 0 Å². The second kappa shape index (κ2) is 5.69. The van der Waals surface area contributed by atoms with Gasteiger partial charge in [-0.25, -0.2) is 22.9 Å². The lowest BCUT2D eigenvalue weighted by Gasteiger charge is -2.35. The van der Waals surface area contributed by atoms with Gasteiger partial charge in [-0.15, -0.1) is 0 Å². The molecule has 1 aromatic carbocycles. The van der Waals surface area contributed by atoms with E-state index in [1.807, 2.05) is 0 Å². The number of nitro benzene ring substituents is 1. The predicted molar refractivity (Wildman–Crippen MR) is 59.5 cm³/mol. The third kappa shape index (κ3) is 2.89. The molecular formula is C10H6F6N2O4. The van der Waals surface area contributed by atoms with E-state index in [9.17, 15) is 41.3 Å². The summed E-state index contributed by atoms with van der Waals surface area (Å²) in [6, 6.07) is 1.92. The molecule has 0 aliphatic rings. The monoisotopic (exact) mass is 332 g/mol. The van der Waals surface area contributed by atoms with Crippen molar-refractivity contribution in [2.24, 2.45) is 0 Å². The van der Waals surface area contributed by atoms with Crippen molar-refractivity contribution in [3.05, 3.63) is 34.4 Å². The van der Waals surface area contributed by atoms with E-state index in [2.05, 4.69) is 0 Å². The standard InChI is InChI=1S/C10H6F6N2O4/c11-7(12)9(13,10(14,15)16)17(8(19)20)5-1-3-6(4-2-5)18(21)22/h1-4,7H,(H,19,20). The molecule has 1 amide bonds. The molecule has 0 saturated carbocycles. The third-order valence-electron chi connectivity index (χ3n) is 2.52. The predicted octanol–water partition coefficient (Wildman–Crippen LogP) is 3.57. The van der Waals surface area contributed by atoms with Crippen molar-refractivity contribution in [2.45, 2.75) is 18.4 Å². The summed E-state index contributed by atoms with van der Waals surface area (Å²) in [6.07, 6.45) is -13.6. The number of hydrogen-bond donors (Lipinski definition) is 1. The lowest BCUT2D eigenvalue weighted by molar-refractivity contribution is -0.384. The molecule has 1 N–H and O–H groups in total. The number of carbonyl (C=O) groups is 1. The highest BCUT2D eigenvalue weighted by molar-refractivity contribution is 5.88. The van der Waals surface area contributed by atoms with E-state index in [-0.39, 0.29) is 0 Å². The molecule has 1 atom stereocenters. The Balaban J connectivity index is 3.45. The number of non-ortho nitro benzene ring substituents is 1. The summed E-state index contributed by atoms with van der Waals surface area (Å²) in [5.74, 6) is -5.50. The van der Waals surface area contributed by atoms with Crippen molar-refractivity contribution in [1.29, 1.82) is 0 Å². The van der Waals surface area contributed by atoms with Crippen LogP contribution in [0.2, 0.25) is 0 Å². The Kier molecular flexibility index (Phi) is 4.53. The maximum absolute atomic E-state index is 13.8. The fourth-order valence-corrected chi connectivity index (χ4v) is 1.51. The third-order valence-corrected chi connectivity index (χ3v) is 2.52. The van der Waals surface area contributed by atoms with Crippen LogP contribution < -0.4 is 4.90 Å². The number of carboxylic acid groups (broad SMARTS) is 1. The number of rotatable bonds is 4. The topological polar surface area (TPSA) is 83.7 Å². The first-order chi connectivity index (χ1) is 9.92. The normalized spacial score (nSPS) is 14.5. The van der Waals surface area contributed by atoms with Crippen molar-refractivity contribution >= 4 is 17.5 Å². The number of hydrogen-bond acceptors (Lipinski definition) is 3. The second-order valence-corrected chi connectivity index (χ2v) is 3.86. The van der Waals surface area contributed by atoms with Crippen molar-refractivity contribution in [2.75, 3.05) is 4.90 Å². The van der Waals surface area contributed by atoms with Crippen LogP contribution in [-0.4, -0.2) is 34.5 Å². The fraction of sp³-hybridized carbons (Fsp3) is 0.300. The van der Waals surface area contributed by atoms with Gasteiger partial charge in [-0.2, -0.15) is 13.2 Å². The number of anilines is 1. The van der Waals surface area contributed by atoms with E-state index in [0.29, 0.717) is 24.3 Å². The summed E-state index contributed by atoms with van der Waals surface area (Å²) in [6.45, 7) is 0. The van der Waals surface area contributed by atoms with E-state index in [1.54, 1.807) is 0 Å². The zero-order valence-electron chi connectivity index (χ0n) is 10.2. The lowest BCUT2D eigenvalue weighted by Crippen LogP contribution is -2.62. The van der Waals surface area contributed by atoms with Crippen LogP contribution in [0, 0.1) is 10.1 Å². The minimum absolute atomic E-state index is 0.411. The van der Waals surface area contributed by atoms with Gasteiger partial charge in [0, 0.05) is 12.1 Å². The highest BCUT2D eigenvalue weighted by atomic mass is 19.4. The first-order valence-corrected chi connectivity index (χ1v) is 5.24. The first-order valence-electron chi connectivity index (χ1n) is 5.24. The van der Waals surface area contributed by atoms with Crippen LogP contribution >= 0.6 is 0 Å². The summed E-state index contributed by atoms with van der Waals surface area (Å²) in [5, 5.41) is 19.1. The molecule has 0 aliphatic heterocycles. The first kappa shape index (κ1) is 17.5. The molecule has 0 radical (unpaired) electrons. The Bertz CT molecular complexity index is 576. The second-order valence-electron chi connectivity index (χ2n) is 3.86. The van der Waals surface area contributed by atoms with Gasteiger partial charge in [0.2, 0.25) is 0 Å². The minimum Gasteiger partial charge on any atom is -0.465 e. The molecule has 1 unspecified atom stereocenters. The van der Waals surface area contributed by atoms with Gasteiger partial charge in [0.05, 0.1) is 10.6 Å². The maximum Gasteiger partial charge on any atom is 0.448 e. The Morgan fingerprint density at radius 3 is 1.91 bits per heavy atom. The van der Waals surface area contributed by atoms with Crippen LogP contribution in [0.4, 0.5) is 42.5 Å². The number of nitrogens with zero attached hydrogens (tertiary/aromatic N) is 2. The lowest BCUT2D eigenvalue weighted by atomic mass is 10.1. The quantitative estimate of drug-likeness (QED) is 0.395. The van der Waals surface area contributed by atoms with Gasteiger partial charge < -0.3 is 5.11 Å². The largest absolute Gasteiger partial charge is 0.465 e. The zero-order valence-corrected chi connectivity index (χ0v) is 10.2. The molecule has 1 rings (SSSR count). The number of benzene rings is 1. The maximum atomic E-state index is 13.8. The zero-order chi connectivity index (χ0) is 17.3. The van der Waals surface area contributed by atoms with Crippen LogP contribution in [0.15, 0.2) is 24.3 Å². The number of alkyl halides is 6. The molecule has 12 heteroatoms. The SMILES string of the molecule is O=C(O)N(c1ccc([N+](=O)[O-])cc1)C(F)(C(F)F)C(F)(F)F. The molecule has 0 aliphatic carbocycles. The summed E-state index contributed by atoms with van der Waals surface area (Å²) < 4.78 is 76.7. The number of amides is 1. The van der Waals surface area contributed by atoms with Gasteiger partial charge in [-0.05, 0) is 12.1 Å². The molecular weight excluding hydrogens is 326 g/mol. The van der Waals surface area contributed by atoms with Crippen molar-refractivity contribution in [1.82, 2.24) is 0 Å². The molecule has 22 heavy (non-hydrogen) atoms. The van der Waals surface area contributed by atoms with Gasteiger partial charge in [0.1, 0.15) is 0 Å². The van der Waals surface area contributed by atoms with Crippen LogP contribution in [0.1, 0.15) is 0 Å². The van der Waals surface area contributed by atoms with Gasteiger partial charge in [-0.1, -0.05) is 0 Å². The molecule has 0 bridgehead atoms. The Morgan fingerprint density at radius 2 is 1.64 bits per heavy atom. The van der Waals surface area contributed by atoms with Crippen molar-refractivity contribution < 1.29 is 41.2 Å². The van der Waals surface area contributed by atoms with Gasteiger partial charge in [0.15, 0.2) is 0 Å². The Morgan fingerprint density at radius 1 is 1.18 bits per heavy atom. The molecule has 0 fully saturated rings. The van der Waals surface area contributed by atoms with Crippen LogP contribution in [0.25, 0.3) is 0 Å². The Labute approximate surface area is 117 Å². The molecule has 1 aromatic rings. The molecule has 0 aromatic heterocycles. The number of nitro groups is 1. The summed E-state index contributed by atoms with van der Waals surface area (Å²) >= 11 is 0. The van der Waals surface area contributed by atoms with Gasteiger partial charge >= 0.3 is 18.1 Å². The fourth-order valence-electron chi connectivity index (χ4n) is 1.51. The van der Waals surface area contributed by atoms with Crippen molar-refractivity contribution in [3.63, 3.8) is 0 Å². The summed E-state index contributed by atoms with van der Waals surface area (Å²) in [5.41, 5.74) is -1.79. The highest BCUT2D eigenvalue weighted by Gasteiger charge is 2.69. The Hall–Kier alpha value is -2.53. The van der Waals surface area contributed by atoms with Crippen LogP contribution in [0.3, 0.4) is 0 Å².